The molecule has 1 amide bonds. The zero-order valence-corrected chi connectivity index (χ0v) is 18.2. The van der Waals surface area contributed by atoms with E-state index in [9.17, 15) is 14.7 Å². The van der Waals surface area contributed by atoms with Gasteiger partial charge in [-0.15, -0.1) is 0 Å². The SMILES string of the molecule is COc1ccc(CN2C(=O)C(=O)/C(=C(\O)c3c[nH]c4ccccc34)C2c2ccc(C)o2)cc1. The van der Waals surface area contributed by atoms with Gasteiger partial charge in [0.2, 0.25) is 0 Å². The summed E-state index contributed by atoms with van der Waals surface area (Å²) in [7, 11) is 1.58. The van der Waals surface area contributed by atoms with Gasteiger partial charge in [0.1, 0.15) is 29.1 Å². The van der Waals surface area contributed by atoms with Gasteiger partial charge in [0.15, 0.2) is 0 Å². The second kappa shape index (κ2) is 8.02. The van der Waals surface area contributed by atoms with Crippen LogP contribution in [0.1, 0.15) is 28.7 Å². The Labute approximate surface area is 189 Å². The van der Waals surface area contributed by atoms with Crippen molar-refractivity contribution in [1.82, 2.24) is 9.88 Å². The van der Waals surface area contributed by atoms with Crippen molar-refractivity contribution in [2.24, 2.45) is 0 Å². The molecule has 2 aromatic heterocycles. The Morgan fingerprint density at radius 2 is 1.85 bits per heavy atom. The van der Waals surface area contributed by atoms with Crippen molar-refractivity contribution < 1.29 is 23.8 Å². The molecule has 1 aliphatic rings. The number of hydrogen-bond donors (Lipinski definition) is 2. The number of ketones is 1. The van der Waals surface area contributed by atoms with Crippen molar-refractivity contribution in [1.29, 1.82) is 0 Å². The third-order valence-electron chi connectivity index (χ3n) is 5.93. The van der Waals surface area contributed by atoms with E-state index in [2.05, 4.69) is 4.98 Å². The molecular formula is C26H22N2O5. The number of amides is 1. The van der Waals surface area contributed by atoms with E-state index in [1.54, 1.807) is 44.5 Å². The zero-order chi connectivity index (χ0) is 23.1. The number of aliphatic hydroxyl groups is 1. The second-order valence-corrected chi connectivity index (χ2v) is 7.97. The maximum Gasteiger partial charge on any atom is 0.296 e. The lowest BCUT2D eigenvalue weighted by Crippen LogP contribution is -2.29. The highest BCUT2D eigenvalue weighted by molar-refractivity contribution is 6.46. The maximum atomic E-state index is 13.2. The molecule has 1 atom stereocenters. The number of carbonyl (C=O) groups excluding carboxylic acids is 2. The van der Waals surface area contributed by atoms with E-state index in [1.807, 2.05) is 36.4 Å². The fourth-order valence-corrected chi connectivity index (χ4v) is 4.28. The number of nitrogens with one attached hydrogen (secondary N) is 1. The number of benzene rings is 2. The van der Waals surface area contributed by atoms with Crippen LogP contribution in [-0.2, 0) is 16.1 Å². The van der Waals surface area contributed by atoms with Gasteiger partial charge in [0.25, 0.3) is 11.7 Å². The summed E-state index contributed by atoms with van der Waals surface area (Å²) < 4.78 is 11.0. The minimum absolute atomic E-state index is 0.00705. The number of likely N-dealkylation sites (tertiary alicyclic amines) is 1. The van der Waals surface area contributed by atoms with E-state index in [4.69, 9.17) is 9.15 Å². The smallest absolute Gasteiger partial charge is 0.296 e. The lowest BCUT2D eigenvalue weighted by atomic mass is 9.99. The van der Waals surface area contributed by atoms with Gasteiger partial charge in [-0.2, -0.15) is 0 Å². The van der Waals surface area contributed by atoms with Crippen molar-refractivity contribution in [2.45, 2.75) is 19.5 Å². The Balaban J connectivity index is 1.64. The summed E-state index contributed by atoms with van der Waals surface area (Å²) in [6, 6.07) is 17.4. The number of aromatic amines is 1. The number of para-hydroxylation sites is 1. The summed E-state index contributed by atoms with van der Waals surface area (Å²) in [6.07, 6.45) is 1.64. The predicted molar refractivity (Wildman–Crippen MR) is 123 cm³/mol. The number of Topliss-reactive ketones (excluding diaryl/α,β-unsaturated/α-hetero) is 1. The van der Waals surface area contributed by atoms with Crippen LogP contribution in [0.5, 0.6) is 5.75 Å². The van der Waals surface area contributed by atoms with Gasteiger partial charge in [0.05, 0.1) is 12.7 Å². The van der Waals surface area contributed by atoms with Crippen LogP contribution in [0.3, 0.4) is 0 Å². The van der Waals surface area contributed by atoms with Crippen molar-refractivity contribution >= 4 is 28.4 Å². The number of methoxy groups -OCH3 is 1. The number of nitrogens with zero attached hydrogens (tertiary/aromatic N) is 1. The highest BCUT2D eigenvalue weighted by Gasteiger charge is 2.47. The lowest BCUT2D eigenvalue weighted by molar-refractivity contribution is -0.140. The fourth-order valence-electron chi connectivity index (χ4n) is 4.28. The average Bonchev–Trinajstić information content (AvgIpc) is 3.52. The number of furan rings is 1. The van der Waals surface area contributed by atoms with Crippen molar-refractivity contribution in [3.05, 3.63) is 95.1 Å². The molecule has 1 saturated heterocycles. The third kappa shape index (κ3) is 3.47. The van der Waals surface area contributed by atoms with Gasteiger partial charge in [-0.1, -0.05) is 30.3 Å². The van der Waals surface area contributed by atoms with Gasteiger partial charge in [0, 0.05) is 29.2 Å². The highest BCUT2D eigenvalue weighted by atomic mass is 16.5. The second-order valence-electron chi connectivity index (χ2n) is 7.97. The summed E-state index contributed by atoms with van der Waals surface area (Å²) in [5.41, 5.74) is 2.10. The molecule has 0 saturated carbocycles. The molecule has 0 aliphatic carbocycles. The molecule has 1 unspecified atom stereocenters. The Bertz CT molecular complexity index is 1390. The quantitative estimate of drug-likeness (QED) is 0.265. The minimum Gasteiger partial charge on any atom is -0.507 e. The van der Waals surface area contributed by atoms with Gasteiger partial charge < -0.3 is 24.1 Å². The summed E-state index contributed by atoms with van der Waals surface area (Å²) in [4.78, 5) is 30.9. The first-order valence-corrected chi connectivity index (χ1v) is 10.5. The topological polar surface area (TPSA) is 95.8 Å². The van der Waals surface area contributed by atoms with Crippen LogP contribution in [0.4, 0.5) is 0 Å². The molecule has 0 radical (unpaired) electrons. The van der Waals surface area contributed by atoms with Gasteiger partial charge >= 0.3 is 0 Å². The molecule has 4 aromatic rings. The molecule has 7 heteroatoms. The van der Waals surface area contributed by atoms with E-state index in [-0.39, 0.29) is 17.9 Å². The van der Waals surface area contributed by atoms with E-state index in [0.29, 0.717) is 22.8 Å². The molecule has 7 nitrogen and oxygen atoms in total. The molecular weight excluding hydrogens is 420 g/mol. The van der Waals surface area contributed by atoms with Gasteiger partial charge in [-0.05, 0) is 42.8 Å². The Kier molecular flexibility index (Phi) is 5.01. The predicted octanol–water partition coefficient (Wildman–Crippen LogP) is 4.70. The van der Waals surface area contributed by atoms with Crippen LogP contribution in [-0.4, -0.2) is 33.8 Å². The Morgan fingerprint density at radius 1 is 1.09 bits per heavy atom. The molecule has 3 heterocycles. The van der Waals surface area contributed by atoms with Gasteiger partial charge in [-0.25, -0.2) is 0 Å². The number of aromatic nitrogens is 1. The Morgan fingerprint density at radius 3 is 2.55 bits per heavy atom. The van der Waals surface area contributed by atoms with Crippen molar-refractivity contribution in [3.8, 4) is 5.75 Å². The van der Waals surface area contributed by atoms with E-state index >= 15 is 0 Å². The summed E-state index contributed by atoms with van der Waals surface area (Å²) in [6.45, 7) is 1.96. The molecule has 33 heavy (non-hydrogen) atoms. The van der Waals surface area contributed by atoms with E-state index < -0.39 is 17.7 Å². The maximum absolute atomic E-state index is 13.2. The van der Waals surface area contributed by atoms with Crippen LogP contribution in [0, 0.1) is 6.92 Å². The number of fused-ring (bicyclic) bond motifs is 1. The number of ether oxygens (including phenoxy) is 1. The van der Waals surface area contributed by atoms with Crippen LogP contribution < -0.4 is 4.74 Å². The zero-order valence-electron chi connectivity index (χ0n) is 18.2. The fraction of sp³-hybridized carbons (Fsp3) is 0.154. The molecule has 2 N–H and O–H groups in total. The number of hydrogen-bond acceptors (Lipinski definition) is 5. The molecule has 2 aromatic carbocycles. The first-order valence-electron chi connectivity index (χ1n) is 10.5. The summed E-state index contributed by atoms with van der Waals surface area (Å²) >= 11 is 0. The number of H-pyrrole nitrogens is 1. The Hall–Kier alpha value is -4.26. The van der Waals surface area contributed by atoms with Crippen molar-refractivity contribution in [2.75, 3.05) is 7.11 Å². The average molecular weight is 442 g/mol. The van der Waals surface area contributed by atoms with E-state index in [1.165, 1.54) is 4.90 Å². The van der Waals surface area contributed by atoms with Crippen LogP contribution in [0.25, 0.3) is 16.7 Å². The molecule has 1 fully saturated rings. The van der Waals surface area contributed by atoms with Crippen LogP contribution >= 0.6 is 0 Å². The molecule has 0 spiro atoms. The first kappa shape index (κ1) is 20.6. The molecule has 0 bridgehead atoms. The number of carbonyl (C=O) groups is 2. The summed E-state index contributed by atoms with van der Waals surface area (Å²) in [5, 5.41) is 12.0. The monoisotopic (exact) mass is 442 g/mol. The molecule has 166 valence electrons. The standard InChI is InChI=1S/C26H22N2O5/c1-15-7-12-21(33-15)23-22(24(29)19-13-27-20-6-4-3-5-18(19)20)25(30)26(31)28(23)14-16-8-10-17(32-2)11-9-16/h3-13,23,27,29H,14H2,1-2H3/b24-22-. The number of aliphatic hydroxyl groups excluding tert-OH is 1. The molecule has 1 aliphatic heterocycles. The third-order valence-corrected chi connectivity index (χ3v) is 5.93. The van der Waals surface area contributed by atoms with Crippen LogP contribution in [0.2, 0.25) is 0 Å². The molecule has 5 rings (SSSR count). The van der Waals surface area contributed by atoms with Crippen molar-refractivity contribution in [3.63, 3.8) is 0 Å². The minimum atomic E-state index is -0.852. The van der Waals surface area contributed by atoms with Gasteiger partial charge in [-0.3, -0.25) is 9.59 Å². The normalized spacial score (nSPS) is 17.8. The lowest BCUT2D eigenvalue weighted by Gasteiger charge is -2.23. The largest absolute Gasteiger partial charge is 0.507 e. The highest BCUT2D eigenvalue weighted by Crippen LogP contribution is 2.41. The number of aryl methyl sites for hydroxylation is 1. The summed E-state index contributed by atoms with van der Waals surface area (Å²) in [5.74, 6) is 0.0887. The van der Waals surface area contributed by atoms with Crippen LogP contribution in [0.15, 0.2) is 76.9 Å². The number of rotatable bonds is 5. The van der Waals surface area contributed by atoms with E-state index in [0.717, 1.165) is 16.5 Å². The first-order chi connectivity index (χ1) is 16.0.